The number of imidazole rings is 1. The topological polar surface area (TPSA) is 124 Å². The molecular formula is C28H35F3N8O2. The fourth-order valence-electron chi connectivity index (χ4n) is 4.37. The van der Waals surface area contributed by atoms with Gasteiger partial charge in [-0.3, -0.25) is 13.9 Å². The number of benzene rings is 1. The van der Waals surface area contributed by atoms with Gasteiger partial charge in [-0.15, -0.1) is 0 Å². The number of carbonyl (C=O) groups excluding carboxylic acids is 1. The molecule has 3 aromatic heterocycles. The summed E-state index contributed by atoms with van der Waals surface area (Å²) in [5.41, 5.74) is 7.01. The lowest BCUT2D eigenvalue weighted by Crippen LogP contribution is -2.28. The highest BCUT2D eigenvalue weighted by molar-refractivity contribution is 5.96. The van der Waals surface area contributed by atoms with Gasteiger partial charge >= 0.3 is 6.18 Å². The van der Waals surface area contributed by atoms with Crippen LogP contribution in [0.4, 0.5) is 24.7 Å². The number of anilines is 2. The van der Waals surface area contributed by atoms with Crippen molar-refractivity contribution in [1.29, 1.82) is 0 Å². The number of ether oxygens (including phenoxy) is 1. The standard InChI is InChI=1S/C28H35F3N8O2/c1-4-19-15-20(5-6-21(19)27(40)34-10-14-41-13-8-32)36-25-26-35-16-23(39(26)12-9-33-25)22-17-38(11-7-18(2)3)37-24(22)28(29,30)31/h5-6,9,12,15-18H,4,7-8,10-11,13-14,32H2,1-3H3,(H,33,36)(H,34,40). The molecule has 1 amide bonds. The van der Waals surface area contributed by atoms with Crippen LogP contribution in [0, 0.1) is 5.92 Å². The van der Waals surface area contributed by atoms with Crippen LogP contribution in [0.1, 0.15) is 48.8 Å². The second kappa shape index (κ2) is 13.1. The smallest absolute Gasteiger partial charge is 0.378 e. The van der Waals surface area contributed by atoms with E-state index in [4.69, 9.17) is 10.5 Å². The molecule has 0 saturated carbocycles. The first kappa shape index (κ1) is 30.0. The summed E-state index contributed by atoms with van der Waals surface area (Å²) in [6, 6.07) is 5.31. The Morgan fingerprint density at radius 1 is 1.20 bits per heavy atom. The zero-order valence-electron chi connectivity index (χ0n) is 23.3. The molecule has 13 heteroatoms. The molecule has 10 nitrogen and oxygen atoms in total. The molecule has 3 heterocycles. The Bertz CT molecular complexity index is 1480. The second-order valence-corrected chi connectivity index (χ2v) is 9.96. The molecule has 0 aliphatic carbocycles. The summed E-state index contributed by atoms with van der Waals surface area (Å²) in [6.07, 6.45) is 2.55. The van der Waals surface area contributed by atoms with E-state index in [1.807, 2.05) is 26.8 Å². The van der Waals surface area contributed by atoms with E-state index in [2.05, 4.69) is 25.7 Å². The predicted molar refractivity (Wildman–Crippen MR) is 150 cm³/mol. The molecule has 41 heavy (non-hydrogen) atoms. The van der Waals surface area contributed by atoms with Crippen molar-refractivity contribution in [3.63, 3.8) is 0 Å². The summed E-state index contributed by atoms with van der Waals surface area (Å²) in [6.45, 7) is 7.92. The van der Waals surface area contributed by atoms with Gasteiger partial charge in [0.15, 0.2) is 17.2 Å². The largest absolute Gasteiger partial charge is 0.435 e. The van der Waals surface area contributed by atoms with Crippen molar-refractivity contribution < 1.29 is 22.7 Å². The number of nitrogens with two attached hydrogens (primary N) is 1. The summed E-state index contributed by atoms with van der Waals surface area (Å²) in [4.78, 5) is 21.5. The third kappa shape index (κ3) is 7.22. The minimum absolute atomic E-state index is 0.0528. The van der Waals surface area contributed by atoms with E-state index in [1.54, 1.807) is 22.7 Å². The van der Waals surface area contributed by atoms with Gasteiger partial charge < -0.3 is 21.1 Å². The van der Waals surface area contributed by atoms with Gasteiger partial charge in [0.25, 0.3) is 5.91 Å². The van der Waals surface area contributed by atoms with Crippen molar-refractivity contribution in [3.05, 3.63) is 59.8 Å². The fraction of sp³-hybridized carbons (Fsp3) is 0.429. The van der Waals surface area contributed by atoms with Gasteiger partial charge in [0.2, 0.25) is 0 Å². The first-order valence-corrected chi connectivity index (χ1v) is 13.5. The highest BCUT2D eigenvalue weighted by Crippen LogP contribution is 2.37. The molecule has 0 aliphatic rings. The maximum Gasteiger partial charge on any atom is 0.435 e. The Hall–Kier alpha value is -3.97. The summed E-state index contributed by atoms with van der Waals surface area (Å²) in [5, 5.41) is 9.89. The normalized spacial score (nSPS) is 11.9. The lowest BCUT2D eigenvalue weighted by molar-refractivity contribution is -0.141. The lowest BCUT2D eigenvalue weighted by Gasteiger charge is -2.13. The van der Waals surface area contributed by atoms with Gasteiger partial charge in [-0.05, 0) is 42.5 Å². The van der Waals surface area contributed by atoms with Crippen LogP contribution in [0.15, 0.2) is 43.0 Å². The van der Waals surface area contributed by atoms with Crippen molar-refractivity contribution >= 4 is 23.1 Å². The number of rotatable bonds is 13. The van der Waals surface area contributed by atoms with E-state index in [-0.39, 0.29) is 17.2 Å². The molecule has 220 valence electrons. The van der Waals surface area contributed by atoms with Gasteiger partial charge in [-0.1, -0.05) is 20.8 Å². The van der Waals surface area contributed by atoms with Crippen molar-refractivity contribution in [2.24, 2.45) is 11.7 Å². The number of alkyl halides is 3. The summed E-state index contributed by atoms with van der Waals surface area (Å²) < 4.78 is 50.0. The third-order valence-electron chi connectivity index (χ3n) is 6.46. The number of hydrogen-bond donors (Lipinski definition) is 3. The quantitative estimate of drug-likeness (QED) is 0.199. The second-order valence-electron chi connectivity index (χ2n) is 9.96. The summed E-state index contributed by atoms with van der Waals surface area (Å²) >= 11 is 0. The Kier molecular flexibility index (Phi) is 9.61. The molecule has 0 atom stereocenters. The molecular weight excluding hydrogens is 537 g/mol. The summed E-state index contributed by atoms with van der Waals surface area (Å²) in [5.74, 6) is 0.471. The SMILES string of the molecule is CCc1cc(Nc2nccn3c(-c4cn(CCC(C)C)nc4C(F)(F)F)cnc23)ccc1C(=O)NCCOCCN. The maximum absolute atomic E-state index is 13.9. The average molecular weight is 573 g/mol. The molecule has 0 radical (unpaired) electrons. The number of hydrogen-bond acceptors (Lipinski definition) is 7. The zero-order valence-corrected chi connectivity index (χ0v) is 23.3. The number of aryl methyl sites for hydroxylation is 2. The van der Waals surface area contributed by atoms with Gasteiger partial charge in [-0.2, -0.15) is 18.3 Å². The van der Waals surface area contributed by atoms with E-state index < -0.39 is 11.9 Å². The molecule has 0 bridgehead atoms. The number of nitrogens with one attached hydrogen (secondary N) is 2. The van der Waals surface area contributed by atoms with Gasteiger partial charge in [-0.25, -0.2) is 9.97 Å². The maximum atomic E-state index is 13.9. The molecule has 4 aromatic rings. The molecule has 0 unspecified atom stereocenters. The van der Waals surface area contributed by atoms with E-state index in [1.165, 1.54) is 23.3 Å². The van der Waals surface area contributed by atoms with Crippen LogP contribution in [0.3, 0.4) is 0 Å². The van der Waals surface area contributed by atoms with Crippen LogP contribution in [0.25, 0.3) is 16.9 Å². The minimum Gasteiger partial charge on any atom is -0.378 e. The van der Waals surface area contributed by atoms with Gasteiger partial charge in [0, 0.05) is 49.5 Å². The number of fused-ring (bicyclic) bond motifs is 1. The average Bonchev–Trinajstić information content (AvgIpc) is 3.56. The number of carbonyl (C=O) groups is 1. The summed E-state index contributed by atoms with van der Waals surface area (Å²) in [7, 11) is 0. The van der Waals surface area contributed by atoms with E-state index in [0.717, 1.165) is 5.56 Å². The third-order valence-corrected chi connectivity index (χ3v) is 6.46. The van der Waals surface area contributed by atoms with Gasteiger partial charge in [0.1, 0.15) is 0 Å². The van der Waals surface area contributed by atoms with E-state index in [9.17, 15) is 18.0 Å². The number of amides is 1. The van der Waals surface area contributed by atoms with Crippen molar-refractivity contribution in [3.8, 4) is 11.3 Å². The van der Waals surface area contributed by atoms with Crippen molar-refractivity contribution in [2.45, 2.75) is 46.3 Å². The van der Waals surface area contributed by atoms with Crippen LogP contribution in [-0.4, -0.2) is 56.4 Å². The Balaban J connectivity index is 1.59. The Morgan fingerprint density at radius 3 is 2.71 bits per heavy atom. The number of nitrogens with zero attached hydrogens (tertiary/aromatic N) is 5. The van der Waals surface area contributed by atoms with E-state index in [0.29, 0.717) is 74.3 Å². The van der Waals surface area contributed by atoms with Crippen LogP contribution in [0.2, 0.25) is 0 Å². The van der Waals surface area contributed by atoms with Crippen LogP contribution < -0.4 is 16.4 Å². The molecule has 0 saturated heterocycles. The monoisotopic (exact) mass is 572 g/mol. The predicted octanol–water partition coefficient (Wildman–Crippen LogP) is 4.67. The van der Waals surface area contributed by atoms with Crippen LogP contribution in [0.5, 0.6) is 0 Å². The Morgan fingerprint density at radius 2 is 2.00 bits per heavy atom. The molecule has 0 aliphatic heterocycles. The molecule has 0 fully saturated rings. The first-order chi connectivity index (χ1) is 19.6. The van der Waals surface area contributed by atoms with Crippen LogP contribution in [-0.2, 0) is 23.9 Å². The molecule has 4 N–H and O–H groups in total. The highest BCUT2D eigenvalue weighted by Gasteiger charge is 2.38. The minimum atomic E-state index is -4.63. The van der Waals surface area contributed by atoms with Crippen molar-refractivity contribution in [2.75, 3.05) is 31.6 Å². The van der Waals surface area contributed by atoms with E-state index >= 15 is 0 Å². The fourth-order valence-corrected chi connectivity index (χ4v) is 4.37. The van der Waals surface area contributed by atoms with Gasteiger partial charge in [0.05, 0.1) is 30.7 Å². The first-order valence-electron chi connectivity index (χ1n) is 13.5. The molecule has 0 spiro atoms. The highest BCUT2D eigenvalue weighted by atomic mass is 19.4. The van der Waals surface area contributed by atoms with Crippen molar-refractivity contribution in [1.82, 2.24) is 29.5 Å². The lowest BCUT2D eigenvalue weighted by atomic mass is 10.0. The molecule has 4 rings (SSSR count). The van der Waals surface area contributed by atoms with Crippen LogP contribution >= 0.6 is 0 Å². The molecule has 1 aromatic carbocycles. The number of halogens is 3. The Labute approximate surface area is 236 Å². The number of aromatic nitrogens is 5. The zero-order chi connectivity index (χ0) is 29.6.